The van der Waals surface area contributed by atoms with Crippen molar-refractivity contribution in [1.29, 1.82) is 0 Å². The first-order valence-electron chi connectivity index (χ1n) is 16.5. The molecule has 0 spiro atoms. The first-order valence-corrected chi connectivity index (χ1v) is 22.8. The van der Waals surface area contributed by atoms with Crippen LogP contribution in [0.2, 0.25) is 5.28 Å². The Bertz CT molecular complexity index is 3150. The van der Waals surface area contributed by atoms with E-state index < -0.39 is 63.5 Å². The molecule has 0 saturated heterocycles. The van der Waals surface area contributed by atoms with Crippen LogP contribution in [-0.4, -0.2) is 79.7 Å². The van der Waals surface area contributed by atoms with Crippen LogP contribution in [0.4, 0.5) is 11.4 Å². The van der Waals surface area contributed by atoms with E-state index in [1.54, 1.807) is 26.0 Å². The van der Waals surface area contributed by atoms with E-state index in [0.717, 1.165) is 12.1 Å². The van der Waals surface area contributed by atoms with Crippen LogP contribution in [0.1, 0.15) is 33.9 Å². The number of phenols is 1. The summed E-state index contributed by atoms with van der Waals surface area (Å²) in [5.41, 5.74) is 1.69. The summed E-state index contributed by atoms with van der Waals surface area (Å²) >= 11 is 6.26. The predicted molar refractivity (Wildman–Crippen MR) is 209 cm³/mol. The molecule has 4 N–H and O–H groups in total. The van der Waals surface area contributed by atoms with Crippen molar-refractivity contribution in [2.75, 3.05) is 12.4 Å². The fourth-order valence-corrected chi connectivity index (χ4v) is 9.21. The van der Waals surface area contributed by atoms with Crippen LogP contribution >= 0.6 is 11.6 Å². The molecule has 304 valence electrons. The lowest BCUT2D eigenvalue weighted by Gasteiger charge is -2.14. The average molecular weight is 892 g/mol. The average Bonchev–Trinajstić information content (AvgIpc) is 3.10. The lowest BCUT2D eigenvalue weighted by Crippen LogP contribution is -2.15. The van der Waals surface area contributed by atoms with Crippen LogP contribution in [0.15, 0.2) is 97.7 Å². The summed E-state index contributed by atoms with van der Waals surface area (Å²) in [6.45, 7) is 2.44. The molecular weight excluding hydrogens is 862 g/mol. The van der Waals surface area contributed by atoms with E-state index in [2.05, 4.69) is 29.4 Å². The number of fused-ring (bicyclic) bond motifs is 2. The minimum Gasteiger partial charge on any atom is -0.505 e. The van der Waals surface area contributed by atoms with Crippen molar-refractivity contribution < 1.29 is 56.6 Å². The Morgan fingerprint density at radius 1 is 0.724 bits per heavy atom. The molecule has 0 amide bonds. The number of hydrogen-bond donors (Lipinski definition) is 4. The topological polar surface area (TPSA) is 290 Å². The molecule has 0 radical (unpaired) electrons. The molecule has 0 atom stereocenters. The molecular formula is C35H30ClN5O13S4. The van der Waals surface area contributed by atoms with Crippen molar-refractivity contribution in [2.24, 2.45) is 10.2 Å². The zero-order chi connectivity index (χ0) is 42.4. The van der Waals surface area contributed by atoms with Crippen molar-refractivity contribution in [3.8, 4) is 5.75 Å². The van der Waals surface area contributed by atoms with Gasteiger partial charge in [0, 0.05) is 23.6 Å². The number of benzene rings is 5. The summed E-state index contributed by atoms with van der Waals surface area (Å²) in [6.07, 6.45) is -0.351. The van der Waals surface area contributed by atoms with Gasteiger partial charge in [0.1, 0.15) is 22.2 Å². The van der Waals surface area contributed by atoms with Gasteiger partial charge in [-0.2, -0.15) is 30.4 Å². The number of aromatic hydroxyl groups is 1. The van der Waals surface area contributed by atoms with Crippen LogP contribution in [0.25, 0.3) is 21.5 Å². The maximum Gasteiger partial charge on any atom is 0.397 e. The van der Waals surface area contributed by atoms with Crippen molar-refractivity contribution in [2.45, 2.75) is 41.4 Å². The second kappa shape index (κ2) is 16.0. The van der Waals surface area contributed by atoms with Crippen molar-refractivity contribution >= 4 is 85.0 Å². The van der Waals surface area contributed by atoms with Crippen LogP contribution in [0.5, 0.6) is 5.75 Å². The van der Waals surface area contributed by atoms with Gasteiger partial charge in [0.2, 0.25) is 5.28 Å². The zero-order valence-corrected chi connectivity index (χ0v) is 34.0. The largest absolute Gasteiger partial charge is 0.505 e. The van der Waals surface area contributed by atoms with E-state index in [4.69, 9.17) is 16.2 Å². The van der Waals surface area contributed by atoms with E-state index in [0.29, 0.717) is 27.8 Å². The maximum atomic E-state index is 12.8. The Balaban J connectivity index is 1.37. The second-order valence-corrected chi connectivity index (χ2v) is 19.1. The van der Waals surface area contributed by atoms with Crippen molar-refractivity contribution in [3.63, 3.8) is 0 Å². The molecule has 0 aliphatic heterocycles. The van der Waals surface area contributed by atoms with Gasteiger partial charge in [-0.1, -0.05) is 30.3 Å². The number of aryl methyl sites for hydroxylation is 2. The Morgan fingerprint density at radius 3 is 2.09 bits per heavy atom. The third-order valence-electron chi connectivity index (χ3n) is 8.78. The third-order valence-corrected chi connectivity index (χ3v) is 12.8. The van der Waals surface area contributed by atoms with Crippen LogP contribution in [-0.2, 0) is 57.5 Å². The Morgan fingerprint density at radius 2 is 1.41 bits per heavy atom. The number of phenolic OH excluding ortho intramolecular Hbond substituents is 1. The van der Waals surface area contributed by atoms with E-state index in [1.807, 2.05) is 0 Å². The first-order chi connectivity index (χ1) is 27.0. The lowest BCUT2D eigenvalue weighted by atomic mass is 9.97. The molecule has 0 fully saturated rings. The van der Waals surface area contributed by atoms with Gasteiger partial charge < -0.3 is 5.11 Å². The van der Waals surface area contributed by atoms with Gasteiger partial charge in [-0.25, -0.2) is 27.6 Å². The fourth-order valence-electron chi connectivity index (χ4n) is 6.19. The van der Waals surface area contributed by atoms with E-state index in [-0.39, 0.29) is 67.0 Å². The zero-order valence-electron chi connectivity index (χ0n) is 30.0. The predicted octanol–water partition coefficient (Wildman–Crippen LogP) is 5.84. The van der Waals surface area contributed by atoms with Crippen molar-refractivity contribution in [3.05, 3.63) is 112 Å². The number of aromatic nitrogens is 3. The molecule has 0 unspecified atom stereocenters. The van der Waals surface area contributed by atoms with Crippen LogP contribution in [0.3, 0.4) is 0 Å². The SMILES string of the molecule is Cc1cc2cc(S(=O)(=O)O)cc(Cc3nc(Cl)nc(Cc4cccc(S(=O)(=O)CCOS(=O)(=O)O)c4)n3)c2c(O)c1N=Nc1ccc2c(S(=O)(=O)O)cccc2c1C. The molecule has 1 aromatic heterocycles. The molecule has 18 nitrogen and oxygen atoms in total. The minimum atomic E-state index is -4.85. The summed E-state index contributed by atoms with van der Waals surface area (Å²) in [6, 6.07) is 16.7. The quantitative estimate of drug-likeness (QED) is 0.0782. The molecule has 5 aromatic carbocycles. The third kappa shape index (κ3) is 9.62. The highest BCUT2D eigenvalue weighted by molar-refractivity contribution is 7.91. The summed E-state index contributed by atoms with van der Waals surface area (Å²) in [5.74, 6) is -1.11. The number of azo groups is 1. The summed E-state index contributed by atoms with van der Waals surface area (Å²) in [7, 11) is -18.2. The smallest absolute Gasteiger partial charge is 0.397 e. The Hall–Kier alpha value is -5.04. The number of sulfone groups is 1. The number of halogens is 1. The van der Waals surface area contributed by atoms with Gasteiger partial charge in [0.05, 0.1) is 27.8 Å². The van der Waals surface area contributed by atoms with Gasteiger partial charge in [0.15, 0.2) is 15.6 Å². The summed E-state index contributed by atoms with van der Waals surface area (Å²) in [5, 5.41) is 21.1. The van der Waals surface area contributed by atoms with Crippen molar-refractivity contribution in [1.82, 2.24) is 15.0 Å². The fraction of sp³-hybridized carbons (Fsp3) is 0.171. The molecule has 0 saturated carbocycles. The second-order valence-electron chi connectivity index (χ2n) is 12.8. The number of nitrogens with zero attached hydrogens (tertiary/aromatic N) is 5. The summed E-state index contributed by atoms with van der Waals surface area (Å²) < 4.78 is 128. The van der Waals surface area contributed by atoms with Gasteiger partial charge in [-0.15, -0.1) is 5.11 Å². The molecule has 1 heterocycles. The van der Waals surface area contributed by atoms with Crippen LogP contribution < -0.4 is 0 Å². The first kappa shape index (κ1) is 42.6. The highest BCUT2D eigenvalue weighted by atomic mass is 35.5. The molecule has 0 aliphatic rings. The maximum absolute atomic E-state index is 12.8. The Labute approximate surface area is 336 Å². The minimum absolute atomic E-state index is 0.00544. The Kier molecular flexibility index (Phi) is 11.7. The highest BCUT2D eigenvalue weighted by Crippen LogP contribution is 2.42. The van der Waals surface area contributed by atoms with E-state index in [1.165, 1.54) is 48.5 Å². The highest BCUT2D eigenvalue weighted by Gasteiger charge is 2.22. The van der Waals surface area contributed by atoms with Crippen LogP contribution in [0, 0.1) is 13.8 Å². The van der Waals surface area contributed by atoms with Gasteiger partial charge in [-0.05, 0) is 101 Å². The van der Waals surface area contributed by atoms with E-state index >= 15 is 0 Å². The van der Waals surface area contributed by atoms with E-state index in [9.17, 15) is 47.9 Å². The van der Waals surface area contributed by atoms with Gasteiger partial charge in [0.25, 0.3) is 20.2 Å². The molecule has 58 heavy (non-hydrogen) atoms. The molecule has 6 rings (SSSR count). The van der Waals surface area contributed by atoms with Gasteiger partial charge in [-0.3, -0.25) is 13.7 Å². The monoisotopic (exact) mass is 891 g/mol. The van der Waals surface area contributed by atoms with Gasteiger partial charge >= 0.3 is 10.4 Å². The normalized spacial score (nSPS) is 12.9. The molecule has 23 heteroatoms. The summed E-state index contributed by atoms with van der Waals surface area (Å²) in [4.78, 5) is 11.7. The standard InChI is InChI=1S/C35H30ClN5O13S4/c1-19-13-22-16-25(56(45,46)47)17-23(32(22)34(42)33(19)41-40-28-10-9-27-26(20(28)2)7-4-8-29(27)57(48,49)50)18-31-37-30(38-35(36)39-31)15-21-5-3-6-24(14-21)55(43,44)12-11-54-58(51,52)53/h3-10,13-14,16-17,42H,11-12,15,18H2,1-2H3,(H,45,46,47)(H,48,49,50)(H,51,52,53). The molecule has 0 bridgehead atoms. The number of hydrogen-bond acceptors (Lipinski definition) is 15. The molecule has 0 aliphatic carbocycles. The lowest BCUT2D eigenvalue weighted by molar-refractivity contribution is 0.284. The molecule has 6 aromatic rings. The number of rotatable bonds is 13.